The number of aryl methyl sites for hydroxylation is 1. The van der Waals surface area contributed by atoms with E-state index >= 15 is 0 Å². The fourth-order valence-electron chi connectivity index (χ4n) is 3.36. The predicted molar refractivity (Wildman–Crippen MR) is 92.2 cm³/mol. The van der Waals surface area contributed by atoms with Gasteiger partial charge in [0.25, 0.3) is 0 Å². The topological polar surface area (TPSA) is 41.1 Å². The minimum absolute atomic E-state index is 0. The molecule has 22 heavy (non-hydrogen) atoms. The van der Waals surface area contributed by atoms with Crippen LogP contribution >= 0.6 is 12.4 Å². The number of hydrogen-bond acceptors (Lipinski definition) is 2. The van der Waals surface area contributed by atoms with E-state index in [9.17, 15) is 4.79 Å². The summed E-state index contributed by atoms with van der Waals surface area (Å²) in [5, 5.41) is 6.67. The third kappa shape index (κ3) is 4.47. The Labute approximate surface area is 139 Å². The summed E-state index contributed by atoms with van der Waals surface area (Å²) in [5.74, 6) is 1.55. The van der Waals surface area contributed by atoms with Crippen molar-refractivity contribution in [1.29, 1.82) is 0 Å². The van der Waals surface area contributed by atoms with E-state index in [2.05, 4.69) is 41.8 Å². The van der Waals surface area contributed by atoms with Gasteiger partial charge < -0.3 is 10.6 Å². The molecule has 3 nitrogen and oxygen atoms in total. The highest BCUT2D eigenvalue weighted by atomic mass is 35.5. The highest BCUT2D eigenvalue weighted by molar-refractivity contribution is 5.85. The zero-order valence-corrected chi connectivity index (χ0v) is 14.1. The number of carbonyl (C=O) groups is 1. The molecule has 4 heteroatoms. The lowest BCUT2D eigenvalue weighted by molar-refractivity contribution is -0.122. The van der Waals surface area contributed by atoms with Crippen molar-refractivity contribution in [3.8, 4) is 0 Å². The maximum atomic E-state index is 12.3. The van der Waals surface area contributed by atoms with Gasteiger partial charge in [-0.1, -0.05) is 24.3 Å². The van der Waals surface area contributed by atoms with E-state index in [4.69, 9.17) is 0 Å². The van der Waals surface area contributed by atoms with Gasteiger partial charge in [0.05, 0.1) is 6.04 Å². The molecule has 122 valence electrons. The Hall–Kier alpha value is -1.06. The molecular formula is C18H27ClN2O. The summed E-state index contributed by atoms with van der Waals surface area (Å²) in [6, 6.07) is 8.67. The van der Waals surface area contributed by atoms with Crippen LogP contribution < -0.4 is 10.6 Å². The maximum Gasteiger partial charge on any atom is 0.220 e. The van der Waals surface area contributed by atoms with Crippen LogP contribution in [0.4, 0.5) is 0 Å². The van der Waals surface area contributed by atoms with Crippen molar-refractivity contribution >= 4 is 18.3 Å². The molecule has 1 amide bonds. The quantitative estimate of drug-likeness (QED) is 0.843. The summed E-state index contributed by atoms with van der Waals surface area (Å²) < 4.78 is 0. The van der Waals surface area contributed by atoms with E-state index < -0.39 is 0 Å². The third-order valence-corrected chi connectivity index (χ3v) is 4.88. The van der Waals surface area contributed by atoms with Crippen LogP contribution in [0.3, 0.4) is 0 Å². The monoisotopic (exact) mass is 322 g/mol. The molecule has 0 radical (unpaired) electrons. The number of carbonyl (C=O) groups excluding carboxylic acids is 1. The van der Waals surface area contributed by atoms with Crippen molar-refractivity contribution in [3.63, 3.8) is 0 Å². The Bertz CT molecular complexity index is 496. The highest BCUT2D eigenvalue weighted by Gasteiger charge is 2.34. The fourth-order valence-corrected chi connectivity index (χ4v) is 3.36. The molecule has 1 saturated heterocycles. The van der Waals surface area contributed by atoms with Crippen molar-refractivity contribution in [1.82, 2.24) is 10.6 Å². The Kier molecular flexibility index (Phi) is 6.27. The second kappa shape index (κ2) is 7.98. The summed E-state index contributed by atoms with van der Waals surface area (Å²) in [7, 11) is 0. The molecule has 2 atom stereocenters. The van der Waals surface area contributed by atoms with Gasteiger partial charge in [-0.05, 0) is 68.7 Å². The molecule has 0 aromatic heterocycles. The second-order valence-electron chi connectivity index (χ2n) is 6.64. The summed E-state index contributed by atoms with van der Waals surface area (Å²) in [6.07, 6.45) is 5.39. The van der Waals surface area contributed by atoms with Gasteiger partial charge in [-0.15, -0.1) is 12.4 Å². The molecule has 1 aromatic carbocycles. The average molecular weight is 323 g/mol. The normalized spacial score (nSPS) is 22.0. The number of hydrogen-bond donors (Lipinski definition) is 2. The van der Waals surface area contributed by atoms with Gasteiger partial charge in [0.1, 0.15) is 0 Å². The summed E-state index contributed by atoms with van der Waals surface area (Å²) >= 11 is 0. The molecule has 1 aliphatic carbocycles. The van der Waals surface area contributed by atoms with Crippen molar-refractivity contribution in [2.75, 3.05) is 13.1 Å². The van der Waals surface area contributed by atoms with Gasteiger partial charge in [-0.25, -0.2) is 0 Å². The first kappa shape index (κ1) is 17.3. The molecule has 0 bridgehead atoms. The van der Waals surface area contributed by atoms with E-state index in [1.807, 2.05) is 0 Å². The van der Waals surface area contributed by atoms with Crippen LogP contribution in [0.2, 0.25) is 0 Å². The molecule has 1 aromatic rings. The Morgan fingerprint density at radius 2 is 2.09 bits per heavy atom. The fraction of sp³-hybridized carbons (Fsp3) is 0.611. The minimum atomic E-state index is 0. The van der Waals surface area contributed by atoms with E-state index in [-0.39, 0.29) is 24.4 Å². The number of benzene rings is 1. The molecule has 0 spiro atoms. The number of amides is 1. The Morgan fingerprint density at radius 3 is 2.73 bits per heavy atom. The minimum Gasteiger partial charge on any atom is -0.349 e. The standard InChI is InChI=1S/C18H26N2O.ClH/c1-13-4-2-3-5-16(13)18(15-7-8-15)20-17(21)9-6-14-10-11-19-12-14;/h2-5,14-15,18-19H,6-12H2,1H3,(H,20,21);1H. The van der Waals surface area contributed by atoms with Crippen molar-refractivity contribution < 1.29 is 4.79 Å². The largest absolute Gasteiger partial charge is 0.349 e. The second-order valence-corrected chi connectivity index (χ2v) is 6.64. The first-order valence-corrected chi connectivity index (χ1v) is 8.29. The first-order valence-electron chi connectivity index (χ1n) is 8.29. The van der Waals surface area contributed by atoms with E-state index in [0.29, 0.717) is 18.3 Å². The van der Waals surface area contributed by atoms with E-state index in [1.54, 1.807) is 0 Å². The third-order valence-electron chi connectivity index (χ3n) is 4.88. The van der Waals surface area contributed by atoms with Crippen LogP contribution in [0.25, 0.3) is 0 Å². The molecule has 1 saturated carbocycles. The maximum absolute atomic E-state index is 12.3. The number of nitrogens with one attached hydrogen (secondary N) is 2. The summed E-state index contributed by atoms with van der Waals surface area (Å²) in [4.78, 5) is 12.3. The molecular weight excluding hydrogens is 296 g/mol. The predicted octanol–water partition coefficient (Wildman–Crippen LogP) is 3.37. The van der Waals surface area contributed by atoms with Crippen LogP contribution in [0.1, 0.15) is 49.3 Å². The molecule has 2 unspecified atom stereocenters. The zero-order chi connectivity index (χ0) is 14.7. The summed E-state index contributed by atoms with van der Waals surface area (Å²) in [6.45, 7) is 4.33. The van der Waals surface area contributed by atoms with Gasteiger partial charge in [-0.3, -0.25) is 4.79 Å². The van der Waals surface area contributed by atoms with Crippen LogP contribution in [0.5, 0.6) is 0 Å². The van der Waals surface area contributed by atoms with Gasteiger partial charge in [0, 0.05) is 6.42 Å². The van der Waals surface area contributed by atoms with Crippen LogP contribution in [-0.4, -0.2) is 19.0 Å². The Balaban J connectivity index is 0.00000176. The molecule has 2 N–H and O–H groups in total. The van der Waals surface area contributed by atoms with E-state index in [0.717, 1.165) is 19.5 Å². The zero-order valence-electron chi connectivity index (χ0n) is 13.3. The first-order chi connectivity index (χ1) is 10.2. The van der Waals surface area contributed by atoms with Crippen molar-refractivity contribution in [2.45, 2.75) is 45.1 Å². The summed E-state index contributed by atoms with van der Waals surface area (Å²) in [5.41, 5.74) is 2.59. The van der Waals surface area contributed by atoms with Gasteiger partial charge in [0.15, 0.2) is 0 Å². The molecule has 1 aliphatic heterocycles. The van der Waals surface area contributed by atoms with Gasteiger partial charge >= 0.3 is 0 Å². The lowest BCUT2D eigenvalue weighted by Gasteiger charge is -2.21. The molecule has 2 aliphatic rings. The van der Waals surface area contributed by atoms with Gasteiger partial charge in [0.2, 0.25) is 5.91 Å². The molecule has 1 heterocycles. The smallest absolute Gasteiger partial charge is 0.220 e. The molecule has 3 rings (SSSR count). The van der Waals surface area contributed by atoms with Crippen LogP contribution in [-0.2, 0) is 4.79 Å². The number of halogens is 1. The van der Waals surface area contributed by atoms with Crippen molar-refractivity contribution in [3.05, 3.63) is 35.4 Å². The molecule has 2 fully saturated rings. The highest BCUT2D eigenvalue weighted by Crippen LogP contribution is 2.41. The van der Waals surface area contributed by atoms with E-state index in [1.165, 1.54) is 30.4 Å². The SMILES string of the molecule is Cc1ccccc1C(NC(=O)CCC1CCNC1)C1CC1.Cl. The lowest BCUT2D eigenvalue weighted by Crippen LogP contribution is -2.30. The number of rotatable bonds is 6. The Morgan fingerprint density at radius 1 is 1.32 bits per heavy atom. The van der Waals surface area contributed by atoms with Crippen LogP contribution in [0.15, 0.2) is 24.3 Å². The average Bonchev–Trinajstić information content (AvgIpc) is 3.19. The van der Waals surface area contributed by atoms with Crippen molar-refractivity contribution in [2.24, 2.45) is 11.8 Å². The van der Waals surface area contributed by atoms with Crippen LogP contribution in [0, 0.1) is 18.8 Å². The van der Waals surface area contributed by atoms with Gasteiger partial charge in [-0.2, -0.15) is 0 Å². The lowest BCUT2D eigenvalue weighted by atomic mass is 9.97.